The van der Waals surface area contributed by atoms with Crippen molar-refractivity contribution in [3.8, 4) is 0 Å². The van der Waals surface area contributed by atoms with Crippen molar-refractivity contribution >= 4 is 17.3 Å². The Morgan fingerprint density at radius 1 is 1.40 bits per heavy atom. The zero-order chi connectivity index (χ0) is 10.7. The second kappa shape index (κ2) is 4.84. The molecule has 0 bridgehead atoms. The molecule has 1 aromatic rings. The van der Waals surface area contributed by atoms with Gasteiger partial charge in [-0.15, -0.1) is 5.10 Å². The molecule has 0 N–H and O–H groups in total. The lowest BCUT2D eigenvalue weighted by molar-refractivity contribution is 0.0953. The third-order valence-electron chi connectivity index (χ3n) is 3.10. The molecule has 3 nitrogen and oxygen atoms in total. The Balaban J connectivity index is 1.94. The average molecular weight is 224 g/mol. The number of carbonyl (C=O) groups is 1. The second-order valence-electron chi connectivity index (χ2n) is 4.32. The predicted octanol–water partition coefficient (Wildman–Crippen LogP) is 3.00. The standard InChI is InChI=1S/C11H16N2OS/c1-8-11(15-13-12-8)10(14)7-9-5-3-2-4-6-9/h9H,2-7H2,1H3. The zero-order valence-corrected chi connectivity index (χ0v) is 9.85. The Hall–Kier alpha value is -0.770. The molecule has 1 aliphatic carbocycles. The minimum Gasteiger partial charge on any atom is -0.293 e. The first kappa shape index (κ1) is 10.7. The Morgan fingerprint density at radius 2 is 2.13 bits per heavy atom. The normalized spacial score (nSPS) is 17.9. The summed E-state index contributed by atoms with van der Waals surface area (Å²) in [6, 6.07) is 0. The largest absolute Gasteiger partial charge is 0.293 e. The third-order valence-corrected chi connectivity index (χ3v) is 3.97. The van der Waals surface area contributed by atoms with E-state index in [0.29, 0.717) is 12.3 Å². The molecule has 0 radical (unpaired) electrons. The van der Waals surface area contributed by atoms with Crippen LogP contribution in [-0.2, 0) is 0 Å². The van der Waals surface area contributed by atoms with Gasteiger partial charge in [0.05, 0.1) is 5.69 Å². The van der Waals surface area contributed by atoms with E-state index in [4.69, 9.17) is 0 Å². The lowest BCUT2D eigenvalue weighted by Crippen LogP contribution is -2.12. The van der Waals surface area contributed by atoms with E-state index in [0.717, 1.165) is 10.6 Å². The van der Waals surface area contributed by atoms with Crippen molar-refractivity contribution in [1.82, 2.24) is 9.59 Å². The summed E-state index contributed by atoms with van der Waals surface area (Å²) in [5.41, 5.74) is 0.792. The van der Waals surface area contributed by atoms with Crippen molar-refractivity contribution in [2.24, 2.45) is 5.92 Å². The highest BCUT2D eigenvalue weighted by Crippen LogP contribution is 2.28. The highest BCUT2D eigenvalue weighted by molar-refractivity contribution is 7.08. The molecule has 0 saturated heterocycles. The van der Waals surface area contributed by atoms with E-state index >= 15 is 0 Å². The molecule has 0 amide bonds. The first-order valence-electron chi connectivity index (χ1n) is 5.59. The van der Waals surface area contributed by atoms with Crippen LogP contribution in [0.5, 0.6) is 0 Å². The van der Waals surface area contributed by atoms with Gasteiger partial charge in [0.25, 0.3) is 0 Å². The maximum absolute atomic E-state index is 11.9. The SMILES string of the molecule is Cc1nnsc1C(=O)CC1CCCCC1. The molecule has 1 aliphatic rings. The van der Waals surface area contributed by atoms with Gasteiger partial charge in [-0.25, -0.2) is 0 Å². The quantitative estimate of drug-likeness (QED) is 0.741. The minimum absolute atomic E-state index is 0.245. The summed E-state index contributed by atoms with van der Waals surface area (Å²) in [6.07, 6.45) is 7.06. The lowest BCUT2D eigenvalue weighted by atomic mass is 9.85. The summed E-state index contributed by atoms with van der Waals surface area (Å²) in [7, 11) is 0. The molecule has 4 heteroatoms. The van der Waals surface area contributed by atoms with Crippen LogP contribution in [0.15, 0.2) is 0 Å². The summed E-state index contributed by atoms with van der Waals surface area (Å²) >= 11 is 1.24. The average Bonchev–Trinajstić information content (AvgIpc) is 2.66. The summed E-state index contributed by atoms with van der Waals surface area (Å²) in [4.78, 5) is 12.7. The molecule has 82 valence electrons. The smallest absolute Gasteiger partial charge is 0.176 e. The van der Waals surface area contributed by atoms with Crippen molar-refractivity contribution in [2.75, 3.05) is 0 Å². The van der Waals surface area contributed by atoms with Gasteiger partial charge in [-0.2, -0.15) is 0 Å². The Bertz CT molecular complexity index is 342. The third kappa shape index (κ3) is 2.62. The number of Topliss-reactive ketones (excluding diaryl/α,β-unsaturated/α-hetero) is 1. The van der Waals surface area contributed by atoms with Crippen molar-refractivity contribution in [1.29, 1.82) is 0 Å². The van der Waals surface area contributed by atoms with Crippen LogP contribution in [0, 0.1) is 12.8 Å². The molecule has 1 aromatic heterocycles. The number of carbonyl (C=O) groups excluding carboxylic acids is 1. The van der Waals surface area contributed by atoms with Gasteiger partial charge < -0.3 is 0 Å². The first-order chi connectivity index (χ1) is 7.27. The Morgan fingerprint density at radius 3 is 2.73 bits per heavy atom. The van der Waals surface area contributed by atoms with Crippen molar-refractivity contribution in [3.63, 3.8) is 0 Å². The van der Waals surface area contributed by atoms with Crippen molar-refractivity contribution < 1.29 is 4.79 Å². The minimum atomic E-state index is 0.245. The van der Waals surface area contributed by atoms with Crippen LogP contribution in [0.4, 0.5) is 0 Å². The molecule has 0 aliphatic heterocycles. The lowest BCUT2D eigenvalue weighted by Gasteiger charge is -2.20. The monoisotopic (exact) mass is 224 g/mol. The topological polar surface area (TPSA) is 42.9 Å². The van der Waals surface area contributed by atoms with E-state index in [9.17, 15) is 4.79 Å². The fourth-order valence-corrected chi connectivity index (χ4v) is 2.84. The summed E-state index contributed by atoms with van der Waals surface area (Å²) in [5.74, 6) is 0.849. The molecule has 0 spiro atoms. The molecule has 1 saturated carbocycles. The van der Waals surface area contributed by atoms with Gasteiger partial charge >= 0.3 is 0 Å². The van der Waals surface area contributed by atoms with Crippen LogP contribution >= 0.6 is 11.5 Å². The van der Waals surface area contributed by atoms with E-state index in [2.05, 4.69) is 9.59 Å². The number of hydrogen-bond acceptors (Lipinski definition) is 4. The van der Waals surface area contributed by atoms with Crippen molar-refractivity contribution in [3.05, 3.63) is 10.6 Å². The van der Waals surface area contributed by atoms with Gasteiger partial charge in [0.15, 0.2) is 5.78 Å². The maximum Gasteiger partial charge on any atom is 0.176 e. The molecule has 1 heterocycles. The van der Waals surface area contributed by atoms with Crippen LogP contribution in [0.1, 0.15) is 53.9 Å². The number of aryl methyl sites for hydroxylation is 1. The Kier molecular flexibility index (Phi) is 3.46. The summed E-state index contributed by atoms with van der Waals surface area (Å²) in [6.45, 7) is 1.86. The number of aromatic nitrogens is 2. The van der Waals surface area contributed by atoms with E-state index < -0.39 is 0 Å². The number of rotatable bonds is 3. The molecule has 1 fully saturated rings. The van der Waals surface area contributed by atoms with Crippen LogP contribution in [0.25, 0.3) is 0 Å². The van der Waals surface area contributed by atoms with Crippen molar-refractivity contribution in [2.45, 2.75) is 45.4 Å². The number of nitrogens with zero attached hydrogens (tertiary/aromatic N) is 2. The highest BCUT2D eigenvalue weighted by Gasteiger charge is 2.20. The first-order valence-corrected chi connectivity index (χ1v) is 6.37. The Labute approximate surface area is 94.1 Å². The van der Waals surface area contributed by atoms with Gasteiger partial charge in [-0.3, -0.25) is 4.79 Å². The van der Waals surface area contributed by atoms with E-state index in [-0.39, 0.29) is 5.78 Å². The summed E-state index contributed by atoms with van der Waals surface area (Å²) in [5, 5.41) is 3.88. The van der Waals surface area contributed by atoms with Crippen LogP contribution in [0.3, 0.4) is 0 Å². The van der Waals surface area contributed by atoms with Crippen LogP contribution < -0.4 is 0 Å². The molecular formula is C11H16N2OS. The molecule has 15 heavy (non-hydrogen) atoms. The zero-order valence-electron chi connectivity index (χ0n) is 9.03. The highest BCUT2D eigenvalue weighted by atomic mass is 32.1. The van der Waals surface area contributed by atoms with Crippen LogP contribution in [-0.4, -0.2) is 15.4 Å². The molecule has 2 rings (SSSR count). The molecular weight excluding hydrogens is 208 g/mol. The predicted molar refractivity (Wildman–Crippen MR) is 60.2 cm³/mol. The maximum atomic E-state index is 11.9. The number of hydrogen-bond donors (Lipinski definition) is 0. The summed E-state index contributed by atoms with van der Waals surface area (Å²) < 4.78 is 3.81. The van der Waals surface area contributed by atoms with E-state index in [1.807, 2.05) is 6.92 Å². The van der Waals surface area contributed by atoms with E-state index in [1.54, 1.807) is 0 Å². The molecule has 0 atom stereocenters. The molecule has 0 unspecified atom stereocenters. The van der Waals surface area contributed by atoms with Gasteiger partial charge in [-0.05, 0) is 24.4 Å². The van der Waals surface area contributed by atoms with Crippen LogP contribution in [0.2, 0.25) is 0 Å². The number of ketones is 1. The fraction of sp³-hybridized carbons (Fsp3) is 0.727. The fourth-order valence-electron chi connectivity index (χ4n) is 2.23. The van der Waals surface area contributed by atoms with Gasteiger partial charge in [0.1, 0.15) is 4.88 Å². The molecule has 0 aromatic carbocycles. The van der Waals surface area contributed by atoms with Gasteiger partial charge in [-0.1, -0.05) is 36.6 Å². The van der Waals surface area contributed by atoms with E-state index in [1.165, 1.54) is 43.6 Å². The second-order valence-corrected chi connectivity index (χ2v) is 5.07. The van der Waals surface area contributed by atoms with Gasteiger partial charge in [0.2, 0.25) is 0 Å². The van der Waals surface area contributed by atoms with Gasteiger partial charge in [0, 0.05) is 6.42 Å².